The largest absolute Gasteiger partial charge is 0.359 e. The SMILES string of the molecule is CNc1nc2c(c(=O)n1Cc1ccccc1)CCN(S(N)(=O)=O)C2. The number of hydrogen-bond donors (Lipinski definition) is 2. The molecule has 0 saturated heterocycles. The lowest BCUT2D eigenvalue weighted by Gasteiger charge is -2.26. The first-order valence-corrected chi connectivity index (χ1v) is 9.02. The quantitative estimate of drug-likeness (QED) is 0.800. The first-order valence-electron chi connectivity index (χ1n) is 7.52. The molecular weight excluding hydrogens is 330 g/mol. The number of nitrogens with two attached hydrogens (primary N) is 1. The van der Waals surface area contributed by atoms with Gasteiger partial charge in [-0.2, -0.15) is 12.7 Å². The van der Waals surface area contributed by atoms with Crippen molar-refractivity contribution in [3.05, 3.63) is 57.5 Å². The van der Waals surface area contributed by atoms with Gasteiger partial charge in [-0.3, -0.25) is 9.36 Å². The molecule has 1 aliphatic rings. The zero-order chi connectivity index (χ0) is 17.3. The van der Waals surface area contributed by atoms with Crippen LogP contribution in [0.4, 0.5) is 5.95 Å². The van der Waals surface area contributed by atoms with Crippen LogP contribution < -0.4 is 16.0 Å². The van der Waals surface area contributed by atoms with Gasteiger partial charge in [0.2, 0.25) is 5.95 Å². The second kappa shape index (κ2) is 6.34. The molecule has 0 unspecified atom stereocenters. The lowest BCUT2D eigenvalue weighted by atomic mass is 10.1. The van der Waals surface area contributed by atoms with Gasteiger partial charge in [0.1, 0.15) is 0 Å². The van der Waals surface area contributed by atoms with Crippen LogP contribution in [-0.4, -0.2) is 35.9 Å². The molecule has 1 aromatic heterocycles. The number of nitrogens with one attached hydrogen (secondary N) is 1. The molecule has 2 heterocycles. The Labute approximate surface area is 140 Å². The maximum atomic E-state index is 12.8. The van der Waals surface area contributed by atoms with E-state index in [2.05, 4.69) is 10.3 Å². The molecule has 1 aliphatic heterocycles. The Kier molecular flexibility index (Phi) is 4.39. The first kappa shape index (κ1) is 16.6. The van der Waals surface area contributed by atoms with Crippen molar-refractivity contribution in [1.29, 1.82) is 0 Å². The van der Waals surface area contributed by atoms with Crippen molar-refractivity contribution in [2.75, 3.05) is 18.9 Å². The van der Waals surface area contributed by atoms with Crippen molar-refractivity contribution in [1.82, 2.24) is 13.9 Å². The van der Waals surface area contributed by atoms with Gasteiger partial charge in [-0.15, -0.1) is 0 Å². The second-order valence-electron chi connectivity index (χ2n) is 5.62. The van der Waals surface area contributed by atoms with Crippen LogP contribution in [0.2, 0.25) is 0 Å². The number of anilines is 1. The molecule has 0 saturated carbocycles. The van der Waals surface area contributed by atoms with Gasteiger partial charge in [-0.05, 0) is 12.0 Å². The highest BCUT2D eigenvalue weighted by Gasteiger charge is 2.28. The topological polar surface area (TPSA) is 110 Å². The highest BCUT2D eigenvalue weighted by atomic mass is 32.2. The number of rotatable bonds is 4. The number of nitrogens with zero attached hydrogens (tertiary/aromatic N) is 3. The van der Waals surface area contributed by atoms with Crippen molar-refractivity contribution in [2.24, 2.45) is 5.14 Å². The number of hydrogen-bond acceptors (Lipinski definition) is 5. The van der Waals surface area contributed by atoms with Gasteiger partial charge in [0, 0.05) is 19.2 Å². The van der Waals surface area contributed by atoms with Gasteiger partial charge >= 0.3 is 0 Å². The average molecular weight is 349 g/mol. The molecular formula is C15H19N5O3S. The van der Waals surface area contributed by atoms with Crippen LogP contribution in [0, 0.1) is 0 Å². The van der Waals surface area contributed by atoms with Gasteiger partial charge < -0.3 is 5.32 Å². The van der Waals surface area contributed by atoms with E-state index in [0.717, 1.165) is 9.87 Å². The molecule has 0 aliphatic carbocycles. The van der Waals surface area contributed by atoms with Crippen molar-refractivity contribution < 1.29 is 8.42 Å². The summed E-state index contributed by atoms with van der Waals surface area (Å²) in [5, 5.41) is 8.09. The monoisotopic (exact) mass is 349 g/mol. The second-order valence-corrected chi connectivity index (χ2v) is 7.16. The third kappa shape index (κ3) is 3.18. The highest BCUT2D eigenvalue weighted by Crippen LogP contribution is 2.18. The predicted molar refractivity (Wildman–Crippen MR) is 90.8 cm³/mol. The molecule has 3 N–H and O–H groups in total. The molecule has 2 aromatic rings. The van der Waals surface area contributed by atoms with Gasteiger partial charge in [0.05, 0.1) is 18.8 Å². The van der Waals surface area contributed by atoms with E-state index in [1.54, 1.807) is 11.6 Å². The molecule has 0 amide bonds. The summed E-state index contributed by atoms with van der Waals surface area (Å²) in [4.78, 5) is 17.3. The Morgan fingerprint density at radius 1 is 1.29 bits per heavy atom. The van der Waals surface area contributed by atoms with E-state index in [9.17, 15) is 13.2 Å². The Hall–Kier alpha value is -2.23. The molecule has 0 spiro atoms. The summed E-state index contributed by atoms with van der Waals surface area (Å²) < 4.78 is 25.7. The van der Waals surface area contributed by atoms with Crippen molar-refractivity contribution in [2.45, 2.75) is 19.5 Å². The number of aromatic nitrogens is 2. The molecule has 0 atom stereocenters. The zero-order valence-electron chi connectivity index (χ0n) is 13.3. The van der Waals surface area contributed by atoms with E-state index in [-0.39, 0.29) is 18.6 Å². The lowest BCUT2D eigenvalue weighted by Crippen LogP contribution is -2.43. The summed E-state index contributed by atoms with van der Waals surface area (Å²) in [5.41, 5.74) is 1.83. The summed E-state index contributed by atoms with van der Waals surface area (Å²) in [6.45, 7) is 0.603. The standard InChI is InChI=1S/C15H19N5O3S/c1-17-15-18-13-10-19(24(16,22)23)8-7-12(13)14(21)20(15)9-11-5-3-2-4-6-11/h2-6H,7-10H2,1H3,(H,17,18)(H2,16,22,23). The molecule has 8 nitrogen and oxygen atoms in total. The van der Waals surface area contributed by atoms with E-state index < -0.39 is 10.2 Å². The van der Waals surface area contributed by atoms with Crippen molar-refractivity contribution in [3.8, 4) is 0 Å². The van der Waals surface area contributed by atoms with E-state index in [4.69, 9.17) is 5.14 Å². The van der Waals surface area contributed by atoms with E-state index in [1.165, 1.54) is 0 Å². The summed E-state index contributed by atoms with van der Waals surface area (Å²) in [5.74, 6) is 0.402. The van der Waals surface area contributed by atoms with Crippen LogP contribution in [0.1, 0.15) is 16.8 Å². The van der Waals surface area contributed by atoms with Crippen molar-refractivity contribution in [3.63, 3.8) is 0 Å². The Balaban J connectivity index is 2.03. The normalized spacial score (nSPS) is 15.1. The van der Waals surface area contributed by atoms with Crippen LogP contribution in [0.15, 0.2) is 35.1 Å². The van der Waals surface area contributed by atoms with E-state index in [1.807, 2.05) is 30.3 Å². The minimum absolute atomic E-state index is 0.0181. The third-order valence-corrected chi connectivity index (χ3v) is 5.08. The summed E-state index contributed by atoms with van der Waals surface area (Å²) >= 11 is 0. The summed E-state index contributed by atoms with van der Waals surface area (Å²) in [6.07, 6.45) is 0.302. The zero-order valence-corrected chi connectivity index (χ0v) is 14.1. The van der Waals surface area contributed by atoms with E-state index in [0.29, 0.717) is 30.2 Å². The predicted octanol–water partition coefficient (Wildman–Crippen LogP) is -0.105. The van der Waals surface area contributed by atoms with Gasteiger partial charge in [-0.25, -0.2) is 10.1 Å². The summed E-state index contributed by atoms with van der Waals surface area (Å²) in [7, 11) is -2.12. The molecule has 128 valence electrons. The summed E-state index contributed by atoms with van der Waals surface area (Å²) in [6, 6.07) is 9.62. The van der Waals surface area contributed by atoms with E-state index >= 15 is 0 Å². The Bertz CT molecular complexity index is 909. The smallest absolute Gasteiger partial charge is 0.277 e. The fourth-order valence-electron chi connectivity index (χ4n) is 2.82. The van der Waals surface area contributed by atoms with Crippen LogP contribution in [0.3, 0.4) is 0 Å². The first-order chi connectivity index (χ1) is 11.4. The van der Waals surface area contributed by atoms with Crippen LogP contribution in [0.5, 0.6) is 0 Å². The molecule has 24 heavy (non-hydrogen) atoms. The molecule has 0 bridgehead atoms. The maximum absolute atomic E-state index is 12.8. The fraction of sp³-hybridized carbons (Fsp3) is 0.333. The average Bonchev–Trinajstić information content (AvgIpc) is 2.57. The molecule has 0 fully saturated rings. The van der Waals surface area contributed by atoms with Crippen LogP contribution in [0.25, 0.3) is 0 Å². The molecule has 9 heteroatoms. The minimum atomic E-state index is -3.80. The lowest BCUT2D eigenvalue weighted by molar-refractivity contribution is 0.382. The van der Waals surface area contributed by atoms with Gasteiger partial charge in [0.15, 0.2) is 0 Å². The Morgan fingerprint density at radius 2 is 2.00 bits per heavy atom. The number of benzene rings is 1. The molecule has 3 rings (SSSR count). The maximum Gasteiger partial charge on any atom is 0.277 e. The van der Waals surface area contributed by atoms with Crippen LogP contribution in [-0.2, 0) is 29.7 Å². The molecule has 1 aromatic carbocycles. The fourth-order valence-corrected chi connectivity index (χ4v) is 3.47. The third-order valence-electron chi connectivity index (χ3n) is 4.05. The van der Waals surface area contributed by atoms with Crippen LogP contribution >= 0.6 is 0 Å². The van der Waals surface area contributed by atoms with Crippen molar-refractivity contribution >= 4 is 16.2 Å². The van der Waals surface area contributed by atoms with Gasteiger partial charge in [0.25, 0.3) is 15.8 Å². The number of fused-ring (bicyclic) bond motifs is 1. The van der Waals surface area contributed by atoms with Gasteiger partial charge in [-0.1, -0.05) is 30.3 Å². The minimum Gasteiger partial charge on any atom is -0.359 e. The Morgan fingerprint density at radius 3 is 2.62 bits per heavy atom. The molecule has 0 radical (unpaired) electrons. The highest BCUT2D eigenvalue weighted by molar-refractivity contribution is 7.86.